The second kappa shape index (κ2) is 4.68. The van der Waals surface area contributed by atoms with Crippen molar-refractivity contribution in [2.75, 3.05) is 0 Å². The Kier molecular flexibility index (Phi) is 3.55. The van der Waals surface area contributed by atoms with Gasteiger partial charge >= 0.3 is 5.97 Å². The van der Waals surface area contributed by atoms with Gasteiger partial charge in [-0.2, -0.15) is 0 Å². The molecule has 0 fully saturated rings. The third-order valence-corrected chi connectivity index (χ3v) is 2.09. The highest BCUT2D eigenvalue weighted by molar-refractivity contribution is 5.90. The Hall–Kier alpha value is -1.71. The molecule has 0 aromatic heterocycles. The van der Waals surface area contributed by atoms with Crippen LogP contribution in [-0.2, 0) is 4.74 Å². The molecule has 2 N–H and O–H groups in total. The van der Waals surface area contributed by atoms with Gasteiger partial charge in [0.25, 0.3) is 0 Å². The smallest absolute Gasteiger partial charge is 0.338 e. The molecule has 1 aromatic rings. The highest BCUT2D eigenvalue weighted by Crippen LogP contribution is 2.25. The van der Waals surface area contributed by atoms with Crippen LogP contribution in [0.1, 0.15) is 30.6 Å². The van der Waals surface area contributed by atoms with E-state index < -0.39 is 5.97 Å². The minimum atomic E-state index is -0.500. The number of aromatic hydroxyl groups is 2. The summed E-state index contributed by atoms with van der Waals surface area (Å²) in [4.78, 5) is 11.5. The topological polar surface area (TPSA) is 66.8 Å². The minimum Gasteiger partial charge on any atom is -0.504 e. The molecule has 0 amide bonds. The van der Waals surface area contributed by atoms with Crippen molar-refractivity contribution in [3.63, 3.8) is 0 Å². The molecule has 0 saturated heterocycles. The molecule has 1 rings (SSSR count). The minimum absolute atomic E-state index is 0.159. The highest BCUT2D eigenvalue weighted by atomic mass is 16.5. The quantitative estimate of drug-likeness (QED) is 0.592. The van der Waals surface area contributed by atoms with Gasteiger partial charge in [0, 0.05) is 0 Å². The Morgan fingerprint density at radius 1 is 1.40 bits per heavy atom. The van der Waals surface area contributed by atoms with Gasteiger partial charge in [-0.15, -0.1) is 0 Å². The third-order valence-electron chi connectivity index (χ3n) is 2.09. The average molecular weight is 210 g/mol. The predicted molar refractivity (Wildman–Crippen MR) is 54.9 cm³/mol. The lowest BCUT2D eigenvalue weighted by molar-refractivity contribution is 0.0334. The molecule has 0 bridgehead atoms. The first-order chi connectivity index (χ1) is 7.04. The Labute approximate surface area is 88.1 Å². The summed E-state index contributed by atoms with van der Waals surface area (Å²) >= 11 is 0. The lowest BCUT2D eigenvalue weighted by atomic mass is 10.2. The summed E-state index contributed by atoms with van der Waals surface area (Å²) in [5.41, 5.74) is 0.227. The molecule has 1 aromatic carbocycles. The maximum atomic E-state index is 11.5. The van der Waals surface area contributed by atoms with Gasteiger partial charge in [0.1, 0.15) is 0 Å². The molecule has 0 heterocycles. The number of hydrogen-bond acceptors (Lipinski definition) is 4. The zero-order valence-corrected chi connectivity index (χ0v) is 8.73. The fourth-order valence-electron chi connectivity index (χ4n) is 0.985. The summed E-state index contributed by atoms with van der Waals surface area (Å²) in [5.74, 6) is -1.08. The number of ether oxygens (including phenoxy) is 1. The number of carbonyl (C=O) groups excluding carboxylic acids is 1. The molecule has 0 radical (unpaired) electrons. The first kappa shape index (κ1) is 11.4. The maximum absolute atomic E-state index is 11.5. The van der Waals surface area contributed by atoms with Crippen molar-refractivity contribution in [3.05, 3.63) is 23.8 Å². The van der Waals surface area contributed by atoms with Gasteiger partial charge in [-0.05, 0) is 31.5 Å². The van der Waals surface area contributed by atoms with Gasteiger partial charge < -0.3 is 14.9 Å². The second-order valence-corrected chi connectivity index (χ2v) is 3.33. The molecule has 82 valence electrons. The lowest BCUT2D eigenvalue weighted by Crippen LogP contribution is -2.13. The SMILES string of the molecule is CCC(C)OC(=O)c1ccc(O)c(O)c1. The molecule has 0 aliphatic carbocycles. The van der Waals surface area contributed by atoms with Gasteiger partial charge in [-0.25, -0.2) is 4.79 Å². The maximum Gasteiger partial charge on any atom is 0.338 e. The third kappa shape index (κ3) is 2.87. The Morgan fingerprint density at radius 3 is 2.60 bits per heavy atom. The fraction of sp³-hybridized carbons (Fsp3) is 0.364. The highest BCUT2D eigenvalue weighted by Gasteiger charge is 2.12. The van der Waals surface area contributed by atoms with Gasteiger partial charge in [0.2, 0.25) is 0 Å². The van der Waals surface area contributed by atoms with Crippen molar-refractivity contribution >= 4 is 5.97 Å². The fourth-order valence-corrected chi connectivity index (χ4v) is 0.985. The van der Waals surface area contributed by atoms with Crippen LogP contribution in [0.25, 0.3) is 0 Å². The summed E-state index contributed by atoms with van der Waals surface area (Å²) in [7, 11) is 0. The van der Waals surface area contributed by atoms with Crippen molar-refractivity contribution in [3.8, 4) is 11.5 Å². The number of carbonyl (C=O) groups is 1. The van der Waals surface area contributed by atoms with E-state index in [1.807, 2.05) is 6.92 Å². The number of benzene rings is 1. The van der Waals surface area contributed by atoms with E-state index in [2.05, 4.69) is 0 Å². The summed E-state index contributed by atoms with van der Waals surface area (Å²) in [6.07, 6.45) is 0.573. The molecular weight excluding hydrogens is 196 g/mol. The summed E-state index contributed by atoms with van der Waals surface area (Å²) in [5, 5.41) is 18.2. The number of phenolic OH excluding ortho intramolecular Hbond substituents is 2. The van der Waals surface area contributed by atoms with E-state index in [-0.39, 0.29) is 23.2 Å². The van der Waals surface area contributed by atoms with Crippen LogP contribution in [0.15, 0.2) is 18.2 Å². The number of rotatable bonds is 3. The second-order valence-electron chi connectivity index (χ2n) is 3.33. The van der Waals surface area contributed by atoms with Crippen molar-refractivity contribution in [2.24, 2.45) is 0 Å². The Morgan fingerprint density at radius 2 is 2.07 bits per heavy atom. The van der Waals surface area contributed by atoms with Gasteiger partial charge in [0.05, 0.1) is 11.7 Å². The molecule has 15 heavy (non-hydrogen) atoms. The molecule has 0 aliphatic rings. The van der Waals surface area contributed by atoms with Crippen LogP contribution in [-0.4, -0.2) is 22.3 Å². The largest absolute Gasteiger partial charge is 0.504 e. The Balaban J connectivity index is 2.78. The van der Waals surface area contributed by atoms with Crippen LogP contribution in [0.2, 0.25) is 0 Å². The number of hydrogen-bond donors (Lipinski definition) is 2. The average Bonchev–Trinajstić information content (AvgIpc) is 2.21. The van der Waals surface area contributed by atoms with E-state index in [1.165, 1.54) is 18.2 Å². The van der Waals surface area contributed by atoms with Crippen LogP contribution in [0, 0.1) is 0 Å². The molecule has 0 spiro atoms. The first-order valence-electron chi connectivity index (χ1n) is 4.77. The van der Waals surface area contributed by atoms with Crippen molar-refractivity contribution < 1.29 is 19.7 Å². The summed E-state index contributed by atoms with van der Waals surface area (Å²) < 4.78 is 5.05. The van der Waals surface area contributed by atoms with Crippen LogP contribution < -0.4 is 0 Å². The molecule has 1 atom stereocenters. The number of esters is 1. The monoisotopic (exact) mass is 210 g/mol. The zero-order chi connectivity index (χ0) is 11.4. The van der Waals surface area contributed by atoms with E-state index in [0.29, 0.717) is 0 Å². The van der Waals surface area contributed by atoms with Crippen LogP contribution >= 0.6 is 0 Å². The molecule has 0 aliphatic heterocycles. The normalized spacial score (nSPS) is 12.1. The molecular formula is C11H14O4. The van der Waals surface area contributed by atoms with Crippen molar-refractivity contribution in [1.29, 1.82) is 0 Å². The lowest BCUT2D eigenvalue weighted by Gasteiger charge is -2.10. The molecule has 4 heteroatoms. The van der Waals surface area contributed by atoms with Crippen molar-refractivity contribution in [2.45, 2.75) is 26.4 Å². The van der Waals surface area contributed by atoms with Gasteiger partial charge in [-0.3, -0.25) is 0 Å². The zero-order valence-electron chi connectivity index (χ0n) is 8.73. The molecule has 1 unspecified atom stereocenters. The number of phenols is 2. The van der Waals surface area contributed by atoms with E-state index in [0.717, 1.165) is 6.42 Å². The van der Waals surface area contributed by atoms with E-state index >= 15 is 0 Å². The van der Waals surface area contributed by atoms with E-state index in [1.54, 1.807) is 6.92 Å². The van der Waals surface area contributed by atoms with Crippen LogP contribution in [0.5, 0.6) is 11.5 Å². The van der Waals surface area contributed by atoms with Crippen molar-refractivity contribution in [1.82, 2.24) is 0 Å². The standard InChI is InChI=1S/C11H14O4/c1-3-7(2)15-11(14)8-4-5-9(12)10(13)6-8/h4-7,12-13H,3H2,1-2H3. The summed E-state index contributed by atoms with van der Waals surface area (Å²) in [6.45, 7) is 3.70. The van der Waals surface area contributed by atoms with Crippen LogP contribution in [0.3, 0.4) is 0 Å². The molecule has 0 saturated carbocycles. The molecule has 4 nitrogen and oxygen atoms in total. The van der Waals surface area contributed by atoms with Gasteiger partial charge in [0.15, 0.2) is 11.5 Å². The van der Waals surface area contributed by atoms with E-state index in [4.69, 9.17) is 9.84 Å². The predicted octanol–water partition coefficient (Wildman–Crippen LogP) is 2.05. The van der Waals surface area contributed by atoms with Gasteiger partial charge in [-0.1, -0.05) is 6.92 Å². The van der Waals surface area contributed by atoms with E-state index in [9.17, 15) is 9.90 Å². The summed E-state index contributed by atoms with van der Waals surface area (Å²) in [6, 6.07) is 3.84. The first-order valence-corrected chi connectivity index (χ1v) is 4.77. The Bertz CT molecular complexity index is 360. The van der Waals surface area contributed by atoms with Crippen LogP contribution in [0.4, 0.5) is 0 Å².